The average molecular weight is 275 g/mol. The van der Waals surface area contributed by atoms with Crippen LogP contribution >= 0.6 is 0 Å². The molecule has 1 atom stereocenters. The van der Waals surface area contributed by atoms with E-state index in [1.165, 1.54) is 0 Å². The van der Waals surface area contributed by atoms with Crippen LogP contribution < -0.4 is 5.32 Å². The minimum Gasteiger partial charge on any atom is -0.378 e. The Labute approximate surface area is 116 Å². The van der Waals surface area contributed by atoms with Crippen LogP contribution in [-0.2, 0) is 9.47 Å². The monoisotopic (exact) mass is 275 g/mol. The van der Waals surface area contributed by atoms with Crippen molar-refractivity contribution in [1.82, 2.24) is 15.5 Å². The Kier molecular flexibility index (Phi) is 3.42. The fraction of sp³-hybridized carbons (Fsp3) is 0.429. The largest absolute Gasteiger partial charge is 0.378 e. The third-order valence-corrected chi connectivity index (χ3v) is 3.78. The van der Waals surface area contributed by atoms with Gasteiger partial charge in [-0.25, -0.2) is 0 Å². The third-order valence-electron chi connectivity index (χ3n) is 3.78. The quantitative estimate of drug-likeness (QED) is 0.876. The molecule has 1 aromatic heterocycles. The standard InChI is InChI=1S/C14H17N3O3/c1-19-14(4-5-20-9-14)8-15-13(18)10-2-3-11-7-16-17-12(11)6-10/h2-3,6-7H,4-5,8-9H2,1H3,(H,15,18)(H,16,17). The number of hydrogen-bond donors (Lipinski definition) is 2. The topological polar surface area (TPSA) is 76.2 Å². The molecule has 2 aromatic rings. The van der Waals surface area contributed by atoms with Crippen LogP contribution in [0.3, 0.4) is 0 Å². The number of aromatic amines is 1. The third kappa shape index (κ3) is 2.39. The number of rotatable bonds is 4. The van der Waals surface area contributed by atoms with Crippen molar-refractivity contribution in [1.29, 1.82) is 0 Å². The first kappa shape index (κ1) is 13.1. The molecule has 1 aliphatic rings. The molecular formula is C14H17N3O3. The van der Waals surface area contributed by atoms with E-state index in [1.54, 1.807) is 25.4 Å². The highest BCUT2D eigenvalue weighted by atomic mass is 16.5. The Morgan fingerprint density at radius 3 is 3.25 bits per heavy atom. The lowest BCUT2D eigenvalue weighted by Gasteiger charge is -2.25. The smallest absolute Gasteiger partial charge is 0.251 e. The maximum Gasteiger partial charge on any atom is 0.251 e. The molecule has 0 saturated carbocycles. The van der Waals surface area contributed by atoms with Gasteiger partial charge in [0.05, 0.1) is 18.3 Å². The number of methoxy groups -OCH3 is 1. The molecule has 0 aliphatic carbocycles. The SMILES string of the molecule is COC1(CNC(=O)c2ccc3cn[nH]c3c2)CCOC1. The van der Waals surface area contributed by atoms with Gasteiger partial charge >= 0.3 is 0 Å². The Morgan fingerprint density at radius 1 is 1.60 bits per heavy atom. The van der Waals surface area contributed by atoms with E-state index >= 15 is 0 Å². The molecule has 1 aromatic carbocycles. The summed E-state index contributed by atoms with van der Waals surface area (Å²) in [5.41, 5.74) is 1.06. The lowest BCUT2D eigenvalue weighted by Crippen LogP contribution is -2.45. The Balaban J connectivity index is 1.69. The van der Waals surface area contributed by atoms with Gasteiger partial charge in [0.15, 0.2) is 0 Å². The highest BCUT2D eigenvalue weighted by Gasteiger charge is 2.35. The van der Waals surface area contributed by atoms with Gasteiger partial charge in [-0.05, 0) is 12.1 Å². The van der Waals surface area contributed by atoms with Gasteiger partial charge in [-0.1, -0.05) is 6.07 Å². The summed E-state index contributed by atoms with van der Waals surface area (Å²) in [5, 5.41) is 10.7. The van der Waals surface area contributed by atoms with Gasteiger partial charge in [-0.3, -0.25) is 9.89 Å². The van der Waals surface area contributed by atoms with E-state index in [0.717, 1.165) is 17.3 Å². The number of carbonyl (C=O) groups excluding carboxylic acids is 1. The summed E-state index contributed by atoms with van der Waals surface area (Å²) >= 11 is 0. The van der Waals surface area contributed by atoms with Gasteiger partial charge in [0.25, 0.3) is 5.91 Å². The fourth-order valence-corrected chi connectivity index (χ4v) is 2.38. The number of amides is 1. The fourth-order valence-electron chi connectivity index (χ4n) is 2.38. The van der Waals surface area contributed by atoms with E-state index in [0.29, 0.717) is 25.3 Å². The second-order valence-electron chi connectivity index (χ2n) is 5.04. The number of carbonyl (C=O) groups is 1. The lowest BCUT2D eigenvalue weighted by atomic mass is 10.0. The van der Waals surface area contributed by atoms with Crippen molar-refractivity contribution in [3.63, 3.8) is 0 Å². The number of nitrogens with one attached hydrogen (secondary N) is 2. The molecule has 2 heterocycles. The number of fused-ring (bicyclic) bond motifs is 1. The van der Waals surface area contributed by atoms with Crippen LogP contribution in [0.2, 0.25) is 0 Å². The Bertz CT molecular complexity index is 617. The highest BCUT2D eigenvalue weighted by Crippen LogP contribution is 2.21. The first-order chi connectivity index (χ1) is 9.72. The van der Waals surface area contributed by atoms with Crippen LogP contribution in [0.5, 0.6) is 0 Å². The number of benzene rings is 1. The van der Waals surface area contributed by atoms with Gasteiger partial charge in [0, 0.05) is 37.6 Å². The van der Waals surface area contributed by atoms with Crippen molar-refractivity contribution < 1.29 is 14.3 Å². The molecule has 3 rings (SSSR count). The van der Waals surface area contributed by atoms with Crippen molar-refractivity contribution in [2.45, 2.75) is 12.0 Å². The zero-order chi connectivity index (χ0) is 14.0. The summed E-state index contributed by atoms with van der Waals surface area (Å²) in [6.07, 6.45) is 2.52. The molecule has 1 unspecified atom stereocenters. The molecule has 1 amide bonds. The molecule has 1 aliphatic heterocycles. The molecule has 106 valence electrons. The number of aromatic nitrogens is 2. The van der Waals surface area contributed by atoms with Crippen LogP contribution in [0.4, 0.5) is 0 Å². The summed E-state index contributed by atoms with van der Waals surface area (Å²) < 4.78 is 10.8. The van der Waals surface area contributed by atoms with E-state index in [4.69, 9.17) is 9.47 Å². The van der Waals surface area contributed by atoms with Gasteiger partial charge in [0.1, 0.15) is 5.60 Å². The van der Waals surface area contributed by atoms with Gasteiger partial charge in [-0.15, -0.1) is 0 Å². The lowest BCUT2D eigenvalue weighted by molar-refractivity contribution is -0.0148. The zero-order valence-corrected chi connectivity index (χ0v) is 11.3. The summed E-state index contributed by atoms with van der Waals surface area (Å²) in [4.78, 5) is 12.2. The van der Waals surface area contributed by atoms with Crippen molar-refractivity contribution in [2.75, 3.05) is 26.9 Å². The molecule has 1 saturated heterocycles. The van der Waals surface area contributed by atoms with E-state index < -0.39 is 5.60 Å². The predicted octanol–water partition coefficient (Wildman–Crippen LogP) is 1.10. The summed E-state index contributed by atoms with van der Waals surface area (Å²) in [7, 11) is 1.65. The van der Waals surface area contributed by atoms with Gasteiger partial charge in [0.2, 0.25) is 0 Å². The van der Waals surface area contributed by atoms with Crippen LogP contribution in [0.1, 0.15) is 16.8 Å². The van der Waals surface area contributed by atoms with Gasteiger partial charge < -0.3 is 14.8 Å². The van der Waals surface area contributed by atoms with E-state index in [-0.39, 0.29) is 5.91 Å². The molecule has 0 spiro atoms. The normalized spacial score (nSPS) is 22.2. The van der Waals surface area contributed by atoms with Crippen molar-refractivity contribution in [2.24, 2.45) is 0 Å². The van der Waals surface area contributed by atoms with E-state index in [9.17, 15) is 4.79 Å². The first-order valence-electron chi connectivity index (χ1n) is 6.57. The van der Waals surface area contributed by atoms with E-state index in [2.05, 4.69) is 15.5 Å². The van der Waals surface area contributed by atoms with Crippen LogP contribution in [-0.4, -0.2) is 48.6 Å². The average Bonchev–Trinajstić information content (AvgIpc) is 3.13. The Hall–Kier alpha value is -1.92. The maximum atomic E-state index is 12.2. The van der Waals surface area contributed by atoms with Crippen LogP contribution in [0.25, 0.3) is 10.9 Å². The highest BCUT2D eigenvalue weighted by molar-refractivity contribution is 5.97. The maximum absolute atomic E-state index is 12.2. The number of H-pyrrole nitrogens is 1. The van der Waals surface area contributed by atoms with Gasteiger partial charge in [-0.2, -0.15) is 5.10 Å². The second-order valence-corrected chi connectivity index (χ2v) is 5.04. The molecule has 0 bridgehead atoms. The minimum absolute atomic E-state index is 0.121. The zero-order valence-electron chi connectivity index (χ0n) is 11.3. The second kappa shape index (κ2) is 5.22. The number of ether oxygens (including phenoxy) is 2. The summed E-state index contributed by atoms with van der Waals surface area (Å²) in [6.45, 7) is 1.64. The van der Waals surface area contributed by atoms with Crippen molar-refractivity contribution >= 4 is 16.8 Å². The summed E-state index contributed by atoms with van der Waals surface area (Å²) in [6, 6.07) is 5.46. The minimum atomic E-state index is -0.395. The molecule has 1 fully saturated rings. The van der Waals surface area contributed by atoms with E-state index in [1.807, 2.05) is 6.07 Å². The number of nitrogens with zero attached hydrogens (tertiary/aromatic N) is 1. The molecule has 6 nitrogen and oxygen atoms in total. The van der Waals surface area contributed by atoms with Crippen LogP contribution in [0.15, 0.2) is 24.4 Å². The summed E-state index contributed by atoms with van der Waals surface area (Å²) in [5.74, 6) is -0.121. The first-order valence-corrected chi connectivity index (χ1v) is 6.57. The number of hydrogen-bond acceptors (Lipinski definition) is 4. The molecule has 6 heteroatoms. The van der Waals surface area contributed by atoms with Crippen LogP contribution in [0, 0.1) is 0 Å². The van der Waals surface area contributed by atoms with Crippen molar-refractivity contribution in [3.05, 3.63) is 30.0 Å². The molecule has 2 N–H and O–H groups in total. The predicted molar refractivity (Wildman–Crippen MR) is 73.6 cm³/mol. The molecular weight excluding hydrogens is 258 g/mol. The Morgan fingerprint density at radius 2 is 2.50 bits per heavy atom. The molecule has 0 radical (unpaired) electrons. The molecule has 20 heavy (non-hydrogen) atoms. The van der Waals surface area contributed by atoms with Crippen molar-refractivity contribution in [3.8, 4) is 0 Å².